The van der Waals surface area contributed by atoms with E-state index in [4.69, 9.17) is 20.0 Å². The average molecular weight is 683 g/mol. The summed E-state index contributed by atoms with van der Waals surface area (Å²) >= 11 is 3.10. The summed E-state index contributed by atoms with van der Waals surface area (Å²) in [6.07, 6.45) is 3.41. The second-order valence-electron chi connectivity index (χ2n) is 11.8. The van der Waals surface area contributed by atoms with E-state index in [-0.39, 0.29) is 11.5 Å². The number of phenols is 2. The Labute approximate surface area is 294 Å². The lowest BCUT2D eigenvalue weighted by Gasteiger charge is -2.10. The Hall–Kier alpha value is -6.22. The highest BCUT2D eigenvalue weighted by molar-refractivity contribution is 7.22. The van der Waals surface area contributed by atoms with Gasteiger partial charge in [-0.1, -0.05) is 78.9 Å². The van der Waals surface area contributed by atoms with Gasteiger partial charge in [0.05, 0.1) is 42.9 Å². The molecule has 2 N–H and O–H groups in total. The van der Waals surface area contributed by atoms with Crippen molar-refractivity contribution >= 4 is 88.5 Å². The zero-order valence-corrected chi connectivity index (χ0v) is 28.0. The van der Waals surface area contributed by atoms with Crippen molar-refractivity contribution in [3.8, 4) is 32.6 Å². The second-order valence-corrected chi connectivity index (χ2v) is 13.9. The Balaban J connectivity index is 1.08. The first-order chi connectivity index (χ1) is 24.6. The van der Waals surface area contributed by atoms with Crippen molar-refractivity contribution in [2.75, 3.05) is 0 Å². The topological polar surface area (TPSA) is 91.0 Å². The number of fused-ring (bicyclic) bond motifs is 4. The zero-order valence-electron chi connectivity index (χ0n) is 26.4. The molecule has 0 amide bonds. The number of thiazole rings is 2. The van der Waals surface area contributed by atoms with Crippen LogP contribution in [0.2, 0.25) is 0 Å². The lowest BCUT2D eigenvalue weighted by molar-refractivity contribution is 0.477. The maximum atomic E-state index is 11.6. The van der Waals surface area contributed by atoms with Crippen molar-refractivity contribution in [2.24, 2.45) is 9.98 Å². The van der Waals surface area contributed by atoms with Crippen molar-refractivity contribution in [1.82, 2.24) is 9.97 Å². The third-order valence-electron chi connectivity index (χ3n) is 8.69. The summed E-state index contributed by atoms with van der Waals surface area (Å²) < 4.78 is 2.12. The van der Waals surface area contributed by atoms with Crippen LogP contribution < -0.4 is 0 Å². The normalized spacial score (nSPS) is 12.0. The van der Waals surface area contributed by atoms with Crippen LogP contribution in [0, 0.1) is 0 Å². The van der Waals surface area contributed by atoms with Gasteiger partial charge >= 0.3 is 0 Å². The lowest BCUT2D eigenvalue weighted by Crippen LogP contribution is -1.90. The number of aliphatic imine (C=N–C) groups is 2. The minimum absolute atomic E-state index is 0.135. The minimum Gasteiger partial charge on any atom is -0.507 e. The van der Waals surface area contributed by atoms with E-state index in [1.807, 2.05) is 133 Å². The first-order valence-corrected chi connectivity index (χ1v) is 17.6. The van der Waals surface area contributed by atoms with Gasteiger partial charge in [0.2, 0.25) is 0 Å². The molecule has 2 heterocycles. The van der Waals surface area contributed by atoms with Crippen LogP contribution in [0.25, 0.3) is 63.1 Å². The predicted octanol–water partition coefficient (Wildman–Crippen LogP) is 11.5. The molecule has 9 aromatic rings. The molecule has 7 aromatic carbocycles. The van der Waals surface area contributed by atoms with Crippen LogP contribution in [0.3, 0.4) is 0 Å². The van der Waals surface area contributed by atoms with E-state index in [0.717, 1.165) is 52.0 Å². The highest BCUT2D eigenvalue weighted by Gasteiger charge is 2.18. The first kappa shape index (κ1) is 29.9. The molecule has 0 fully saturated rings. The van der Waals surface area contributed by atoms with E-state index in [2.05, 4.69) is 0 Å². The number of rotatable bonds is 6. The Kier molecular flexibility index (Phi) is 7.38. The number of aromatic nitrogens is 2. The summed E-state index contributed by atoms with van der Waals surface area (Å²) in [6.45, 7) is 0. The first-order valence-electron chi connectivity index (χ1n) is 16.0. The van der Waals surface area contributed by atoms with E-state index in [9.17, 15) is 10.2 Å². The van der Waals surface area contributed by atoms with Crippen LogP contribution in [-0.4, -0.2) is 32.6 Å². The molecule has 0 atom stereocenters. The molecule has 0 radical (unpaired) electrons. The SMILES string of the molecule is Oc1c(-c2nc3ccccc3s2)cc2ccccc2c1C=Nc1cccc(N=Cc2c(O)c(-c3nc4ccccc4s3)cc3ccccc23)c1. The van der Waals surface area contributed by atoms with Crippen molar-refractivity contribution < 1.29 is 10.2 Å². The number of hydrogen-bond donors (Lipinski definition) is 2. The molecule has 2 aromatic heterocycles. The molecule has 0 saturated carbocycles. The van der Waals surface area contributed by atoms with Crippen LogP contribution in [0.5, 0.6) is 11.5 Å². The summed E-state index contributed by atoms with van der Waals surface area (Å²) in [7, 11) is 0. The van der Waals surface area contributed by atoms with E-state index >= 15 is 0 Å². The molecule has 6 nitrogen and oxygen atoms in total. The number of aromatic hydroxyl groups is 2. The lowest BCUT2D eigenvalue weighted by atomic mass is 10.00. The predicted molar refractivity (Wildman–Crippen MR) is 209 cm³/mol. The number of nitrogens with zero attached hydrogens (tertiary/aromatic N) is 4. The molecular formula is C42H26N4O2S2. The maximum absolute atomic E-state index is 11.6. The van der Waals surface area contributed by atoms with Crippen molar-refractivity contribution in [3.05, 3.63) is 145 Å². The van der Waals surface area contributed by atoms with Crippen molar-refractivity contribution in [1.29, 1.82) is 0 Å². The van der Waals surface area contributed by atoms with Gasteiger partial charge < -0.3 is 10.2 Å². The van der Waals surface area contributed by atoms with Gasteiger partial charge in [-0.2, -0.15) is 0 Å². The molecule has 9 rings (SSSR count). The highest BCUT2D eigenvalue weighted by atomic mass is 32.1. The quantitative estimate of drug-likeness (QED) is 0.171. The summed E-state index contributed by atoms with van der Waals surface area (Å²) in [5.74, 6) is 0.270. The Bertz CT molecular complexity index is 2560. The fourth-order valence-corrected chi connectivity index (χ4v) is 8.19. The van der Waals surface area contributed by atoms with E-state index in [0.29, 0.717) is 33.6 Å². The van der Waals surface area contributed by atoms with Gasteiger partial charge in [-0.15, -0.1) is 22.7 Å². The van der Waals surface area contributed by atoms with Gasteiger partial charge in [-0.25, -0.2) is 9.97 Å². The van der Waals surface area contributed by atoms with Crippen LogP contribution in [0.15, 0.2) is 143 Å². The number of para-hydroxylation sites is 2. The van der Waals surface area contributed by atoms with Crippen LogP contribution in [-0.2, 0) is 0 Å². The van der Waals surface area contributed by atoms with Crippen molar-refractivity contribution in [3.63, 3.8) is 0 Å². The molecule has 0 unspecified atom stereocenters. The smallest absolute Gasteiger partial charge is 0.135 e. The third-order valence-corrected chi connectivity index (χ3v) is 10.8. The Morgan fingerprint density at radius 1 is 0.480 bits per heavy atom. The Morgan fingerprint density at radius 2 is 0.920 bits per heavy atom. The van der Waals surface area contributed by atoms with Gasteiger partial charge in [0.15, 0.2) is 0 Å². The fraction of sp³-hybridized carbons (Fsp3) is 0. The van der Waals surface area contributed by atoms with E-state index in [1.165, 1.54) is 0 Å². The summed E-state index contributed by atoms with van der Waals surface area (Å²) in [5.41, 5.74) is 5.73. The zero-order chi connectivity index (χ0) is 33.6. The molecule has 0 aliphatic rings. The van der Waals surface area contributed by atoms with Gasteiger partial charge in [0.25, 0.3) is 0 Å². The second kappa shape index (κ2) is 12.3. The Morgan fingerprint density at radius 3 is 1.40 bits per heavy atom. The van der Waals surface area contributed by atoms with Crippen LogP contribution >= 0.6 is 22.7 Å². The number of hydrogen-bond acceptors (Lipinski definition) is 8. The molecular weight excluding hydrogens is 657 g/mol. The van der Waals surface area contributed by atoms with Gasteiger partial charge in [0.1, 0.15) is 21.5 Å². The standard InChI is InChI=1S/C42H26N4O2S2/c47-39-31(41-45-35-16-5-7-18-37(35)49-41)20-25-10-1-3-14-29(25)33(39)23-43-27-12-9-13-28(22-27)44-24-34-30-15-4-2-11-26(30)21-32(40(34)48)42-46-36-17-6-8-19-38(36)50-42/h1-24,47-48H. The fourth-order valence-electron chi connectivity index (χ4n) is 6.22. The minimum atomic E-state index is 0.135. The average Bonchev–Trinajstić information content (AvgIpc) is 3.79. The van der Waals surface area contributed by atoms with Gasteiger partial charge in [-0.05, 0) is 76.1 Å². The third kappa shape index (κ3) is 5.37. The van der Waals surface area contributed by atoms with Crippen molar-refractivity contribution in [2.45, 2.75) is 0 Å². The molecule has 0 aliphatic heterocycles. The van der Waals surface area contributed by atoms with Gasteiger partial charge in [0, 0.05) is 23.6 Å². The maximum Gasteiger partial charge on any atom is 0.135 e. The molecule has 0 aliphatic carbocycles. The summed E-state index contributed by atoms with van der Waals surface area (Å²) in [4.78, 5) is 19.2. The highest BCUT2D eigenvalue weighted by Crippen LogP contribution is 2.42. The van der Waals surface area contributed by atoms with Crippen LogP contribution in [0.4, 0.5) is 11.4 Å². The molecule has 0 saturated heterocycles. The summed E-state index contributed by atoms with van der Waals surface area (Å²) in [6, 6.07) is 43.4. The number of benzene rings is 7. The van der Waals surface area contributed by atoms with Gasteiger partial charge in [-0.3, -0.25) is 9.98 Å². The molecule has 238 valence electrons. The molecule has 0 spiro atoms. The van der Waals surface area contributed by atoms with E-state index in [1.54, 1.807) is 35.1 Å². The van der Waals surface area contributed by atoms with E-state index < -0.39 is 0 Å². The molecule has 8 heteroatoms. The largest absolute Gasteiger partial charge is 0.507 e. The monoisotopic (exact) mass is 682 g/mol. The number of phenolic OH excluding ortho intramolecular Hbond substituents is 2. The molecule has 50 heavy (non-hydrogen) atoms. The van der Waals surface area contributed by atoms with Crippen LogP contribution in [0.1, 0.15) is 11.1 Å². The molecule has 0 bridgehead atoms. The summed E-state index contributed by atoms with van der Waals surface area (Å²) in [5, 5.41) is 28.4.